The van der Waals surface area contributed by atoms with E-state index in [4.69, 9.17) is 0 Å². The molecule has 0 heterocycles. The van der Waals surface area contributed by atoms with E-state index < -0.39 is 36.6 Å². The van der Waals surface area contributed by atoms with E-state index in [0.29, 0.717) is 12.0 Å². The van der Waals surface area contributed by atoms with E-state index in [2.05, 4.69) is 10.1 Å². The summed E-state index contributed by atoms with van der Waals surface area (Å²) >= 11 is 0. The molecule has 27 heavy (non-hydrogen) atoms. The summed E-state index contributed by atoms with van der Waals surface area (Å²) in [5.74, 6) is -2.70. The first kappa shape index (κ1) is 19.3. The van der Waals surface area contributed by atoms with Crippen molar-refractivity contribution in [2.75, 3.05) is 6.61 Å². The largest absolute Gasteiger partial charge is 0.484 e. The lowest BCUT2D eigenvalue weighted by atomic mass is 9.82. The van der Waals surface area contributed by atoms with Gasteiger partial charge in [0.2, 0.25) is 5.91 Å². The first-order valence-corrected chi connectivity index (χ1v) is 8.67. The van der Waals surface area contributed by atoms with Crippen molar-refractivity contribution in [2.45, 2.75) is 25.6 Å². The average molecular weight is 383 g/mol. The number of aliphatic carboxylic acids is 1. The first-order chi connectivity index (χ1) is 12.7. The summed E-state index contributed by atoms with van der Waals surface area (Å²) in [4.78, 5) is 24.2. The molecule has 2 aliphatic rings. The zero-order chi connectivity index (χ0) is 19.8. The number of carboxylic acid groups (broad SMARTS) is 1. The van der Waals surface area contributed by atoms with Gasteiger partial charge in [0.25, 0.3) is 0 Å². The number of fused-ring (bicyclic) bond motifs is 2. The Bertz CT molecular complexity index is 744. The van der Waals surface area contributed by atoms with Crippen LogP contribution in [0.4, 0.5) is 13.2 Å². The molecule has 3 rings (SSSR count). The fourth-order valence-electron chi connectivity index (χ4n) is 3.93. The molecule has 0 spiro atoms. The number of carbonyl (C=O) groups excluding carboxylic acids is 1. The van der Waals surface area contributed by atoms with Crippen molar-refractivity contribution < 1.29 is 32.6 Å². The molecule has 1 saturated carbocycles. The highest BCUT2D eigenvalue weighted by molar-refractivity contribution is 5.87. The summed E-state index contributed by atoms with van der Waals surface area (Å²) in [6, 6.07) is 5.55. The first-order valence-electron chi connectivity index (χ1n) is 8.67. The predicted molar refractivity (Wildman–Crippen MR) is 89.9 cm³/mol. The SMILES string of the molecule is C[C@H](NC(=O)[C@H]1[C@H](C(=O)O)[C@H]2C=C[C@H]1C2)c1ccc(OCC(F)(F)F)cc1. The summed E-state index contributed by atoms with van der Waals surface area (Å²) < 4.78 is 41.2. The van der Waals surface area contributed by atoms with Gasteiger partial charge in [0, 0.05) is 0 Å². The third-order valence-electron chi connectivity index (χ3n) is 5.19. The van der Waals surface area contributed by atoms with E-state index in [1.165, 1.54) is 12.1 Å². The monoisotopic (exact) mass is 383 g/mol. The smallest absolute Gasteiger partial charge is 0.422 e. The molecule has 2 aliphatic carbocycles. The fraction of sp³-hybridized carbons (Fsp3) is 0.474. The van der Waals surface area contributed by atoms with Crippen LogP contribution in [0.5, 0.6) is 5.75 Å². The van der Waals surface area contributed by atoms with Crippen LogP contribution < -0.4 is 10.1 Å². The molecule has 0 saturated heterocycles. The lowest BCUT2D eigenvalue weighted by Crippen LogP contribution is -2.41. The second-order valence-corrected chi connectivity index (χ2v) is 7.04. The Kier molecular flexibility index (Phi) is 5.17. The summed E-state index contributed by atoms with van der Waals surface area (Å²) in [5, 5.41) is 12.3. The Morgan fingerprint density at radius 2 is 1.78 bits per heavy atom. The standard InChI is InChI=1S/C19H20F3NO4/c1-10(11-4-6-14(7-5-11)27-9-19(20,21)22)23-17(24)15-12-2-3-13(8-12)16(15)18(25)26/h2-7,10,12-13,15-16H,8-9H2,1H3,(H,23,24)(H,25,26)/t10-,12-,13-,15+,16+/m0/s1. The highest BCUT2D eigenvalue weighted by Gasteiger charge is 2.51. The number of carbonyl (C=O) groups is 2. The molecule has 2 bridgehead atoms. The maximum Gasteiger partial charge on any atom is 0.422 e. The molecule has 1 amide bonds. The molecule has 0 aromatic heterocycles. The normalized spacial score (nSPS) is 27.4. The molecule has 1 fully saturated rings. The van der Waals surface area contributed by atoms with Crippen LogP contribution >= 0.6 is 0 Å². The number of alkyl halides is 3. The van der Waals surface area contributed by atoms with Crippen molar-refractivity contribution in [3.63, 3.8) is 0 Å². The van der Waals surface area contributed by atoms with Crippen LogP contribution in [0.1, 0.15) is 24.9 Å². The zero-order valence-corrected chi connectivity index (χ0v) is 14.6. The van der Waals surface area contributed by atoms with Gasteiger partial charge in [0.15, 0.2) is 6.61 Å². The number of allylic oxidation sites excluding steroid dienone is 2. The van der Waals surface area contributed by atoms with Gasteiger partial charge < -0.3 is 15.2 Å². The van der Waals surface area contributed by atoms with E-state index in [1.54, 1.807) is 19.1 Å². The molecule has 5 atom stereocenters. The number of hydrogen-bond acceptors (Lipinski definition) is 3. The van der Waals surface area contributed by atoms with E-state index in [9.17, 15) is 27.9 Å². The summed E-state index contributed by atoms with van der Waals surface area (Å²) in [5.41, 5.74) is 0.688. The topological polar surface area (TPSA) is 75.6 Å². The third kappa shape index (κ3) is 4.26. The second kappa shape index (κ2) is 7.25. The van der Waals surface area contributed by atoms with E-state index in [1.807, 2.05) is 12.2 Å². The third-order valence-corrected chi connectivity index (χ3v) is 5.19. The van der Waals surface area contributed by atoms with E-state index in [0.717, 1.165) is 0 Å². The van der Waals surface area contributed by atoms with Crippen molar-refractivity contribution in [1.29, 1.82) is 0 Å². The minimum Gasteiger partial charge on any atom is -0.484 e. The number of nitrogens with one attached hydrogen (secondary N) is 1. The molecule has 146 valence electrons. The molecule has 1 aromatic carbocycles. The number of hydrogen-bond donors (Lipinski definition) is 2. The maximum absolute atomic E-state index is 12.7. The lowest BCUT2D eigenvalue weighted by molar-refractivity contribution is -0.153. The Labute approximate surface area is 154 Å². The molecular weight excluding hydrogens is 363 g/mol. The Morgan fingerprint density at radius 3 is 2.33 bits per heavy atom. The predicted octanol–water partition coefficient (Wildman–Crippen LogP) is 3.33. The van der Waals surface area contributed by atoms with Gasteiger partial charge in [0.1, 0.15) is 5.75 Å². The van der Waals surface area contributed by atoms with Crippen molar-refractivity contribution in [1.82, 2.24) is 5.32 Å². The van der Waals surface area contributed by atoms with Crippen molar-refractivity contribution in [2.24, 2.45) is 23.7 Å². The van der Waals surface area contributed by atoms with Gasteiger partial charge in [0.05, 0.1) is 17.9 Å². The van der Waals surface area contributed by atoms with Crippen molar-refractivity contribution in [3.8, 4) is 5.75 Å². The van der Waals surface area contributed by atoms with E-state index >= 15 is 0 Å². The van der Waals surface area contributed by atoms with E-state index in [-0.39, 0.29) is 23.5 Å². The fourth-order valence-corrected chi connectivity index (χ4v) is 3.93. The summed E-state index contributed by atoms with van der Waals surface area (Å²) in [6.45, 7) is 0.370. The molecular formula is C19H20F3NO4. The van der Waals surface area contributed by atoms with Crippen molar-refractivity contribution in [3.05, 3.63) is 42.0 Å². The Morgan fingerprint density at radius 1 is 1.19 bits per heavy atom. The number of benzene rings is 1. The van der Waals surface area contributed by atoms with Gasteiger partial charge in [-0.25, -0.2) is 0 Å². The molecule has 0 aliphatic heterocycles. The Balaban J connectivity index is 1.61. The van der Waals surface area contributed by atoms with Gasteiger partial charge in [-0.15, -0.1) is 0 Å². The number of ether oxygens (including phenoxy) is 1. The number of amides is 1. The van der Waals surface area contributed by atoms with Crippen LogP contribution in [0.2, 0.25) is 0 Å². The van der Waals surface area contributed by atoms with Crippen LogP contribution in [0.3, 0.4) is 0 Å². The number of carboxylic acids is 1. The molecule has 1 aromatic rings. The summed E-state index contributed by atoms with van der Waals surface area (Å²) in [7, 11) is 0. The van der Waals surface area contributed by atoms with Gasteiger partial charge in [-0.3, -0.25) is 9.59 Å². The second-order valence-electron chi connectivity index (χ2n) is 7.04. The van der Waals surface area contributed by atoms with Gasteiger partial charge >= 0.3 is 12.1 Å². The van der Waals surface area contributed by atoms with Crippen molar-refractivity contribution >= 4 is 11.9 Å². The summed E-state index contributed by atoms with van der Waals surface area (Å²) in [6.07, 6.45) is 0.0482. The quantitative estimate of drug-likeness (QED) is 0.739. The minimum atomic E-state index is -4.41. The maximum atomic E-state index is 12.7. The van der Waals surface area contributed by atoms with Crippen LogP contribution in [0, 0.1) is 23.7 Å². The highest BCUT2D eigenvalue weighted by Crippen LogP contribution is 2.48. The number of halogens is 3. The molecule has 8 heteroatoms. The van der Waals surface area contributed by atoms with Crippen LogP contribution in [0.15, 0.2) is 36.4 Å². The Hall–Kier alpha value is -2.51. The van der Waals surface area contributed by atoms with Crippen LogP contribution in [-0.4, -0.2) is 29.8 Å². The highest BCUT2D eigenvalue weighted by atomic mass is 19.4. The molecule has 0 radical (unpaired) electrons. The van der Waals surface area contributed by atoms with Crippen LogP contribution in [-0.2, 0) is 9.59 Å². The molecule has 2 N–H and O–H groups in total. The van der Waals surface area contributed by atoms with Gasteiger partial charge in [-0.05, 0) is 42.9 Å². The van der Waals surface area contributed by atoms with Gasteiger partial charge in [-0.2, -0.15) is 13.2 Å². The zero-order valence-electron chi connectivity index (χ0n) is 14.6. The molecule has 0 unspecified atom stereocenters. The van der Waals surface area contributed by atoms with Crippen LogP contribution in [0.25, 0.3) is 0 Å². The lowest BCUT2D eigenvalue weighted by Gasteiger charge is -2.26. The molecule has 5 nitrogen and oxygen atoms in total. The van der Waals surface area contributed by atoms with Gasteiger partial charge in [-0.1, -0.05) is 24.3 Å². The minimum absolute atomic E-state index is 0.0681. The number of rotatable bonds is 6. The average Bonchev–Trinajstić information content (AvgIpc) is 3.20.